The molecule has 0 radical (unpaired) electrons. The summed E-state index contributed by atoms with van der Waals surface area (Å²) in [6.07, 6.45) is 4.03. The van der Waals surface area contributed by atoms with Gasteiger partial charge in [-0.1, -0.05) is 12.8 Å². The van der Waals surface area contributed by atoms with E-state index in [4.69, 9.17) is 4.42 Å². The topological polar surface area (TPSA) is 62.5 Å². The molecule has 1 aliphatic rings. The van der Waals surface area contributed by atoms with E-state index in [1.807, 2.05) is 6.07 Å². The van der Waals surface area contributed by atoms with Gasteiger partial charge in [0, 0.05) is 21.7 Å². The summed E-state index contributed by atoms with van der Waals surface area (Å²) < 4.78 is 5.86. The predicted molar refractivity (Wildman–Crippen MR) is 93.8 cm³/mol. The number of amides is 1. The number of carbonyl (C=O) groups is 1. The van der Waals surface area contributed by atoms with Gasteiger partial charge in [0.25, 0.3) is 5.91 Å². The van der Waals surface area contributed by atoms with Crippen LogP contribution in [0.25, 0.3) is 0 Å². The fourth-order valence-corrected chi connectivity index (χ4v) is 4.69. The highest BCUT2D eigenvalue weighted by Crippen LogP contribution is 2.44. The van der Waals surface area contributed by atoms with Crippen LogP contribution in [0.3, 0.4) is 0 Å². The van der Waals surface area contributed by atoms with E-state index in [0.29, 0.717) is 17.0 Å². The first-order chi connectivity index (χ1) is 11.0. The minimum Gasteiger partial charge on any atom is -0.444 e. The normalized spacial score (nSPS) is 18.0. The number of aliphatic hydroxyl groups is 1. The highest BCUT2D eigenvalue weighted by molar-refractivity contribution is 9.10. The number of furan rings is 1. The van der Waals surface area contributed by atoms with Crippen molar-refractivity contribution in [3.8, 4) is 0 Å². The summed E-state index contributed by atoms with van der Waals surface area (Å²) in [7, 11) is 0. The highest BCUT2D eigenvalue weighted by atomic mass is 79.9. The molecular weight excluding hydrogens is 378 g/mol. The lowest BCUT2D eigenvalue weighted by Crippen LogP contribution is -2.38. The average Bonchev–Trinajstić information content (AvgIpc) is 3.25. The van der Waals surface area contributed by atoms with Gasteiger partial charge >= 0.3 is 0 Å². The van der Waals surface area contributed by atoms with Crippen molar-refractivity contribution in [3.05, 3.63) is 44.4 Å². The smallest absolute Gasteiger partial charge is 0.287 e. The lowest BCUT2D eigenvalue weighted by atomic mass is 9.84. The first-order valence-electron chi connectivity index (χ1n) is 7.82. The molecule has 1 atom stereocenters. The van der Waals surface area contributed by atoms with Crippen LogP contribution < -0.4 is 5.32 Å². The van der Waals surface area contributed by atoms with E-state index in [1.54, 1.807) is 30.4 Å². The molecule has 0 bridgehead atoms. The summed E-state index contributed by atoms with van der Waals surface area (Å²) in [5.41, 5.74) is -0.0166. The number of hydrogen-bond acceptors (Lipinski definition) is 4. The number of halogens is 1. The molecule has 1 unspecified atom stereocenters. The fraction of sp³-hybridized carbons (Fsp3) is 0.471. The monoisotopic (exact) mass is 397 g/mol. The largest absolute Gasteiger partial charge is 0.444 e. The van der Waals surface area contributed by atoms with Gasteiger partial charge in [-0.15, -0.1) is 11.3 Å². The molecule has 2 aromatic heterocycles. The maximum Gasteiger partial charge on any atom is 0.287 e. The minimum atomic E-state index is -0.442. The molecule has 3 rings (SSSR count). The molecule has 2 N–H and O–H groups in total. The molecule has 1 fully saturated rings. The van der Waals surface area contributed by atoms with Crippen molar-refractivity contribution in [2.45, 2.75) is 44.1 Å². The van der Waals surface area contributed by atoms with Gasteiger partial charge in [-0.2, -0.15) is 0 Å². The van der Waals surface area contributed by atoms with Gasteiger partial charge < -0.3 is 14.8 Å². The van der Waals surface area contributed by atoms with Crippen LogP contribution in [0.4, 0.5) is 0 Å². The molecule has 0 saturated heterocycles. The van der Waals surface area contributed by atoms with Crippen LogP contribution in [0.5, 0.6) is 0 Å². The lowest BCUT2D eigenvalue weighted by Gasteiger charge is -2.28. The van der Waals surface area contributed by atoms with Gasteiger partial charge in [-0.05, 0) is 60.0 Å². The van der Waals surface area contributed by atoms with E-state index >= 15 is 0 Å². The van der Waals surface area contributed by atoms with Crippen LogP contribution >= 0.6 is 27.3 Å². The maximum absolute atomic E-state index is 12.2. The minimum absolute atomic E-state index is 0.0166. The van der Waals surface area contributed by atoms with Crippen LogP contribution in [-0.2, 0) is 5.41 Å². The van der Waals surface area contributed by atoms with Crippen molar-refractivity contribution in [2.75, 3.05) is 6.54 Å². The molecule has 0 aromatic carbocycles. The van der Waals surface area contributed by atoms with Crippen LogP contribution in [0, 0.1) is 0 Å². The number of thiophene rings is 1. The number of hydrogen-bond donors (Lipinski definition) is 2. The number of carbonyl (C=O) groups excluding carboxylic acids is 1. The Morgan fingerprint density at radius 3 is 2.70 bits per heavy atom. The van der Waals surface area contributed by atoms with E-state index in [2.05, 4.69) is 27.3 Å². The number of rotatable bonds is 5. The zero-order valence-electron chi connectivity index (χ0n) is 13.0. The van der Waals surface area contributed by atoms with Gasteiger partial charge in [0.05, 0.1) is 6.10 Å². The average molecular weight is 398 g/mol. The van der Waals surface area contributed by atoms with Gasteiger partial charge in [0.1, 0.15) is 0 Å². The third kappa shape index (κ3) is 3.54. The van der Waals surface area contributed by atoms with Gasteiger partial charge in [-0.25, -0.2) is 0 Å². The zero-order valence-corrected chi connectivity index (χ0v) is 15.4. The van der Waals surface area contributed by atoms with Crippen LogP contribution in [0.1, 0.15) is 59.0 Å². The summed E-state index contributed by atoms with van der Waals surface area (Å²) >= 11 is 4.87. The van der Waals surface area contributed by atoms with Crippen molar-refractivity contribution in [2.24, 2.45) is 0 Å². The summed E-state index contributed by atoms with van der Waals surface area (Å²) in [6, 6.07) is 7.48. The molecule has 2 aromatic rings. The summed E-state index contributed by atoms with van der Waals surface area (Å²) in [4.78, 5) is 14.5. The molecule has 0 aliphatic heterocycles. The van der Waals surface area contributed by atoms with Crippen LogP contribution in [-0.4, -0.2) is 17.6 Å². The van der Waals surface area contributed by atoms with Crippen LogP contribution in [0.15, 0.2) is 33.4 Å². The van der Waals surface area contributed by atoms with E-state index in [1.165, 1.54) is 17.7 Å². The maximum atomic E-state index is 12.2. The van der Waals surface area contributed by atoms with E-state index in [0.717, 1.165) is 17.7 Å². The van der Waals surface area contributed by atoms with Crippen molar-refractivity contribution < 1.29 is 14.3 Å². The SMILES string of the molecule is CC(O)c1ccc(C2(CNC(=O)c3ccc(Br)o3)CCCC2)s1. The quantitative estimate of drug-likeness (QED) is 0.785. The van der Waals surface area contributed by atoms with E-state index < -0.39 is 6.10 Å². The van der Waals surface area contributed by atoms with Gasteiger partial charge in [-0.3, -0.25) is 4.79 Å². The molecule has 23 heavy (non-hydrogen) atoms. The highest BCUT2D eigenvalue weighted by Gasteiger charge is 2.37. The third-order valence-electron chi connectivity index (χ3n) is 4.51. The Kier molecular flexibility index (Phi) is 4.94. The van der Waals surface area contributed by atoms with Crippen molar-refractivity contribution in [3.63, 3.8) is 0 Å². The molecule has 2 heterocycles. The molecule has 6 heteroatoms. The first kappa shape index (κ1) is 16.7. The Bertz CT molecular complexity index is 686. The molecule has 124 valence electrons. The number of aliphatic hydroxyl groups excluding tert-OH is 1. The Hall–Kier alpha value is -1.11. The molecule has 4 nitrogen and oxygen atoms in total. The first-order valence-corrected chi connectivity index (χ1v) is 9.43. The van der Waals surface area contributed by atoms with Gasteiger partial charge in [0.2, 0.25) is 0 Å². The second-order valence-corrected chi connectivity index (χ2v) is 8.05. The predicted octanol–water partition coefficient (Wildman–Crippen LogP) is 4.40. The summed E-state index contributed by atoms with van der Waals surface area (Å²) in [5.74, 6) is 0.134. The van der Waals surface area contributed by atoms with Gasteiger partial charge in [0.15, 0.2) is 10.4 Å². The Balaban J connectivity index is 1.74. The Morgan fingerprint density at radius 1 is 1.39 bits per heavy atom. The zero-order chi connectivity index (χ0) is 16.4. The number of nitrogens with one attached hydrogen (secondary N) is 1. The van der Waals surface area contributed by atoms with E-state index in [9.17, 15) is 9.90 Å². The van der Waals surface area contributed by atoms with E-state index in [-0.39, 0.29) is 11.3 Å². The molecule has 1 amide bonds. The van der Waals surface area contributed by atoms with Crippen LogP contribution in [0.2, 0.25) is 0 Å². The molecule has 1 saturated carbocycles. The van der Waals surface area contributed by atoms with Crippen molar-refractivity contribution in [1.82, 2.24) is 5.32 Å². The van der Waals surface area contributed by atoms with Crippen molar-refractivity contribution >= 4 is 33.2 Å². The summed E-state index contributed by atoms with van der Waals surface area (Å²) in [6.45, 7) is 2.39. The standard InChI is InChI=1S/C17H20BrNO3S/c1-11(20)13-5-6-14(23-13)17(8-2-3-9-17)10-19-16(21)12-4-7-15(18)22-12/h4-7,11,20H,2-3,8-10H2,1H3,(H,19,21). The Morgan fingerprint density at radius 2 is 2.13 bits per heavy atom. The molecule has 1 aliphatic carbocycles. The molecule has 0 spiro atoms. The Labute approximate surface area is 148 Å². The second kappa shape index (κ2) is 6.79. The fourth-order valence-electron chi connectivity index (χ4n) is 3.20. The summed E-state index contributed by atoms with van der Waals surface area (Å²) in [5, 5.41) is 12.8. The molecular formula is C17H20BrNO3S. The van der Waals surface area contributed by atoms with Crippen molar-refractivity contribution in [1.29, 1.82) is 0 Å². The lowest BCUT2D eigenvalue weighted by molar-refractivity contribution is 0.0914. The third-order valence-corrected chi connectivity index (χ3v) is 6.43. The second-order valence-electron chi connectivity index (χ2n) is 6.15.